The van der Waals surface area contributed by atoms with E-state index in [0.717, 1.165) is 19.3 Å². The van der Waals surface area contributed by atoms with Crippen molar-refractivity contribution >= 4 is 40.8 Å². The summed E-state index contributed by atoms with van der Waals surface area (Å²) in [5.74, 6) is -0.732. The lowest BCUT2D eigenvalue weighted by molar-refractivity contribution is 0.0688. The molecule has 1 aromatic heterocycles. The summed E-state index contributed by atoms with van der Waals surface area (Å²) in [6.07, 6.45) is 2.77. The van der Waals surface area contributed by atoms with Crippen LogP contribution in [0.3, 0.4) is 0 Å². The van der Waals surface area contributed by atoms with Crippen LogP contribution in [0.15, 0.2) is 16.7 Å². The molecule has 0 radical (unpaired) electrons. The number of aromatic carboxylic acids is 1. The first-order chi connectivity index (χ1) is 10.3. The lowest BCUT2D eigenvalue weighted by atomic mass is 9.67. The summed E-state index contributed by atoms with van der Waals surface area (Å²) in [5.41, 5.74) is 0.184. The second kappa shape index (κ2) is 5.44. The number of carbonyl (C=O) groups is 1. The Hall–Kier alpha value is -1.23. The van der Waals surface area contributed by atoms with Crippen molar-refractivity contribution in [3.8, 4) is 11.3 Å². The highest BCUT2D eigenvalue weighted by Gasteiger charge is 2.42. The first kappa shape index (κ1) is 15.7. The molecule has 1 fully saturated rings. The van der Waals surface area contributed by atoms with Gasteiger partial charge in [-0.05, 0) is 25.0 Å². The van der Waals surface area contributed by atoms with Gasteiger partial charge in [0, 0.05) is 16.0 Å². The Balaban J connectivity index is 2.23. The standard InChI is InChI=1S/C15H12Cl3NO3/c1-15(3-2-4-15)13-11(14(20)21)12(19-22-13)10-8(17)5-7(16)6-9(10)18/h5-6H,2-4H2,1H3,(H,20,21). The first-order valence-corrected chi connectivity index (χ1v) is 7.85. The number of aromatic nitrogens is 1. The third-order valence-corrected chi connectivity index (χ3v) is 4.97. The molecule has 4 nitrogen and oxygen atoms in total. The van der Waals surface area contributed by atoms with E-state index in [4.69, 9.17) is 39.3 Å². The van der Waals surface area contributed by atoms with E-state index in [0.29, 0.717) is 16.3 Å². The molecule has 1 N–H and O–H groups in total. The highest BCUT2D eigenvalue weighted by Crippen LogP contribution is 2.47. The minimum absolute atomic E-state index is 0.0216. The van der Waals surface area contributed by atoms with E-state index < -0.39 is 5.97 Å². The molecule has 1 heterocycles. The van der Waals surface area contributed by atoms with Crippen molar-refractivity contribution in [2.45, 2.75) is 31.6 Å². The molecule has 0 bridgehead atoms. The van der Waals surface area contributed by atoms with Gasteiger partial charge in [0.25, 0.3) is 0 Å². The van der Waals surface area contributed by atoms with Crippen LogP contribution in [0.25, 0.3) is 11.3 Å². The van der Waals surface area contributed by atoms with Gasteiger partial charge in [0.2, 0.25) is 0 Å². The zero-order valence-electron chi connectivity index (χ0n) is 11.6. The fourth-order valence-electron chi connectivity index (χ4n) is 2.77. The highest BCUT2D eigenvalue weighted by atomic mass is 35.5. The monoisotopic (exact) mass is 359 g/mol. The van der Waals surface area contributed by atoms with Gasteiger partial charge in [-0.1, -0.05) is 53.3 Å². The van der Waals surface area contributed by atoms with E-state index in [2.05, 4.69) is 5.16 Å². The van der Waals surface area contributed by atoms with Crippen LogP contribution in [-0.4, -0.2) is 16.2 Å². The quantitative estimate of drug-likeness (QED) is 0.791. The van der Waals surface area contributed by atoms with Crippen LogP contribution in [0.1, 0.15) is 42.3 Å². The SMILES string of the molecule is CC1(c2onc(-c3c(Cl)cc(Cl)cc3Cl)c2C(=O)O)CCC1. The summed E-state index contributed by atoms with van der Waals surface area (Å²) in [5, 5.41) is 14.4. The van der Waals surface area contributed by atoms with E-state index in [1.54, 1.807) is 0 Å². The van der Waals surface area contributed by atoms with Crippen LogP contribution >= 0.6 is 34.8 Å². The first-order valence-electron chi connectivity index (χ1n) is 6.72. The van der Waals surface area contributed by atoms with Crippen LogP contribution in [0.2, 0.25) is 15.1 Å². The summed E-state index contributed by atoms with van der Waals surface area (Å²) in [7, 11) is 0. The van der Waals surface area contributed by atoms with Crippen molar-refractivity contribution in [2.75, 3.05) is 0 Å². The van der Waals surface area contributed by atoms with Crippen LogP contribution in [0, 0.1) is 0 Å². The maximum Gasteiger partial charge on any atom is 0.341 e. The van der Waals surface area contributed by atoms with Crippen molar-refractivity contribution in [2.24, 2.45) is 0 Å². The van der Waals surface area contributed by atoms with E-state index in [1.807, 2.05) is 6.92 Å². The van der Waals surface area contributed by atoms with E-state index in [9.17, 15) is 9.90 Å². The van der Waals surface area contributed by atoms with Crippen molar-refractivity contribution in [1.29, 1.82) is 0 Å². The molecular weight excluding hydrogens is 349 g/mol. The Morgan fingerprint density at radius 2 is 1.86 bits per heavy atom. The summed E-state index contributed by atoms with van der Waals surface area (Å²) in [6, 6.07) is 2.99. The Labute approximate surface area is 142 Å². The lowest BCUT2D eigenvalue weighted by Gasteiger charge is -2.36. The zero-order chi connectivity index (χ0) is 16.1. The molecule has 0 atom stereocenters. The topological polar surface area (TPSA) is 63.3 Å². The molecule has 1 aliphatic carbocycles. The molecule has 2 aromatic rings. The van der Waals surface area contributed by atoms with Gasteiger partial charge in [-0.2, -0.15) is 0 Å². The molecular formula is C15H12Cl3NO3. The maximum absolute atomic E-state index is 11.7. The molecule has 22 heavy (non-hydrogen) atoms. The summed E-state index contributed by atoms with van der Waals surface area (Å²) in [6.45, 7) is 1.97. The number of nitrogens with zero attached hydrogens (tertiary/aromatic N) is 1. The Kier molecular flexibility index (Phi) is 3.87. The number of carboxylic acids is 1. The van der Waals surface area contributed by atoms with E-state index in [-0.39, 0.29) is 26.7 Å². The average molecular weight is 361 g/mol. The molecule has 116 valence electrons. The lowest BCUT2D eigenvalue weighted by Crippen LogP contribution is -2.31. The molecule has 0 unspecified atom stereocenters. The molecule has 0 saturated heterocycles. The third kappa shape index (κ3) is 2.39. The van der Waals surface area contributed by atoms with Gasteiger partial charge in [0.05, 0.1) is 10.0 Å². The molecule has 1 aromatic carbocycles. The van der Waals surface area contributed by atoms with Gasteiger partial charge in [-0.3, -0.25) is 0 Å². The van der Waals surface area contributed by atoms with E-state index in [1.165, 1.54) is 12.1 Å². The van der Waals surface area contributed by atoms with Crippen molar-refractivity contribution in [1.82, 2.24) is 5.16 Å². The van der Waals surface area contributed by atoms with Gasteiger partial charge in [-0.15, -0.1) is 0 Å². The van der Waals surface area contributed by atoms with Gasteiger partial charge in [0.15, 0.2) is 5.76 Å². The fourth-order valence-corrected chi connectivity index (χ4v) is 3.77. The Morgan fingerprint density at radius 1 is 1.27 bits per heavy atom. The summed E-state index contributed by atoms with van der Waals surface area (Å²) < 4.78 is 5.38. The van der Waals surface area contributed by atoms with Crippen molar-refractivity contribution < 1.29 is 14.4 Å². The van der Waals surface area contributed by atoms with Crippen LogP contribution in [0.5, 0.6) is 0 Å². The smallest absolute Gasteiger partial charge is 0.341 e. The number of hydrogen-bond acceptors (Lipinski definition) is 3. The largest absolute Gasteiger partial charge is 0.477 e. The second-order valence-electron chi connectivity index (χ2n) is 5.70. The number of carboxylic acid groups (broad SMARTS) is 1. The number of hydrogen-bond donors (Lipinski definition) is 1. The predicted octanol–water partition coefficient (Wildman–Crippen LogP) is 5.44. The van der Waals surface area contributed by atoms with Crippen molar-refractivity contribution in [3.63, 3.8) is 0 Å². The Bertz CT molecular complexity index is 742. The maximum atomic E-state index is 11.7. The highest BCUT2D eigenvalue weighted by molar-refractivity contribution is 6.42. The number of halogens is 3. The Morgan fingerprint density at radius 3 is 2.32 bits per heavy atom. The van der Waals surface area contributed by atoms with Crippen LogP contribution in [-0.2, 0) is 5.41 Å². The fraction of sp³-hybridized carbons (Fsp3) is 0.333. The third-order valence-electron chi connectivity index (χ3n) is 4.15. The molecule has 0 amide bonds. The minimum atomic E-state index is -1.11. The number of rotatable bonds is 3. The van der Waals surface area contributed by atoms with Gasteiger partial charge in [0.1, 0.15) is 11.3 Å². The molecule has 3 rings (SSSR count). The van der Waals surface area contributed by atoms with Crippen LogP contribution < -0.4 is 0 Å². The molecule has 7 heteroatoms. The second-order valence-corrected chi connectivity index (χ2v) is 6.95. The van der Waals surface area contributed by atoms with Gasteiger partial charge in [-0.25, -0.2) is 4.79 Å². The molecule has 1 saturated carbocycles. The molecule has 0 aliphatic heterocycles. The van der Waals surface area contributed by atoms with Gasteiger partial charge < -0.3 is 9.63 Å². The predicted molar refractivity (Wildman–Crippen MR) is 85.1 cm³/mol. The summed E-state index contributed by atoms with van der Waals surface area (Å²) in [4.78, 5) is 11.7. The molecule has 0 spiro atoms. The van der Waals surface area contributed by atoms with Crippen LogP contribution in [0.4, 0.5) is 0 Å². The molecule has 1 aliphatic rings. The minimum Gasteiger partial charge on any atom is -0.477 e. The van der Waals surface area contributed by atoms with Crippen molar-refractivity contribution in [3.05, 3.63) is 38.5 Å². The normalized spacial score (nSPS) is 16.4. The van der Waals surface area contributed by atoms with Gasteiger partial charge >= 0.3 is 5.97 Å². The number of benzene rings is 1. The summed E-state index contributed by atoms with van der Waals surface area (Å²) >= 11 is 18.2. The van der Waals surface area contributed by atoms with E-state index >= 15 is 0 Å². The average Bonchev–Trinajstić information content (AvgIpc) is 2.79. The zero-order valence-corrected chi connectivity index (χ0v) is 13.9.